The number of nitrogens with one attached hydrogen (secondary N) is 1. The largest absolute Gasteiger partial charge is 0.383 e. The third-order valence-electron chi connectivity index (χ3n) is 4.36. The van der Waals surface area contributed by atoms with E-state index in [0.29, 0.717) is 12.2 Å². The van der Waals surface area contributed by atoms with Crippen LogP contribution < -0.4 is 21.9 Å². The summed E-state index contributed by atoms with van der Waals surface area (Å²) in [6.45, 7) is 4.28. The number of H-pyrrole nitrogens is 1. The lowest BCUT2D eigenvalue weighted by molar-refractivity contribution is 0.0983. The smallest absolute Gasteiger partial charge is 0.330 e. The van der Waals surface area contributed by atoms with E-state index in [2.05, 4.69) is 9.97 Å². The van der Waals surface area contributed by atoms with Gasteiger partial charge in [0, 0.05) is 25.5 Å². The number of nitrogens with zero attached hydrogens (tertiary/aromatic N) is 4. The molecule has 0 saturated heterocycles. The van der Waals surface area contributed by atoms with Crippen LogP contribution >= 0.6 is 0 Å². The van der Waals surface area contributed by atoms with Gasteiger partial charge in [0.05, 0.1) is 0 Å². The first kappa shape index (κ1) is 18.4. The van der Waals surface area contributed by atoms with Crippen molar-refractivity contribution in [2.75, 3.05) is 17.2 Å². The fraction of sp³-hybridized carbons (Fsp3) is 0.333. The number of anilines is 2. The third-order valence-corrected chi connectivity index (χ3v) is 4.36. The summed E-state index contributed by atoms with van der Waals surface area (Å²) >= 11 is 0. The van der Waals surface area contributed by atoms with Gasteiger partial charge in [-0.05, 0) is 25.5 Å². The van der Waals surface area contributed by atoms with Crippen LogP contribution in [-0.4, -0.2) is 31.4 Å². The molecular weight excluding hydrogens is 348 g/mol. The Hall–Kier alpha value is -3.36. The highest BCUT2D eigenvalue weighted by Gasteiger charge is 2.25. The average Bonchev–Trinajstić information content (AvgIpc) is 3.08. The van der Waals surface area contributed by atoms with Gasteiger partial charge in [0.2, 0.25) is 0 Å². The van der Waals surface area contributed by atoms with Gasteiger partial charge in [-0.3, -0.25) is 24.0 Å². The van der Waals surface area contributed by atoms with E-state index in [0.717, 1.165) is 12.8 Å². The van der Waals surface area contributed by atoms with Gasteiger partial charge < -0.3 is 10.1 Å². The average molecular weight is 370 g/mol. The van der Waals surface area contributed by atoms with Crippen molar-refractivity contribution in [3.05, 3.63) is 57.1 Å². The van der Waals surface area contributed by atoms with Crippen LogP contribution in [0.1, 0.15) is 37.2 Å². The zero-order chi connectivity index (χ0) is 19.6. The zero-order valence-corrected chi connectivity index (χ0v) is 15.3. The molecule has 0 spiro atoms. The van der Waals surface area contributed by atoms with Crippen molar-refractivity contribution in [1.82, 2.24) is 18.9 Å². The first-order valence-electron chi connectivity index (χ1n) is 8.86. The number of amides is 1. The van der Waals surface area contributed by atoms with E-state index in [1.807, 2.05) is 19.1 Å². The maximum atomic E-state index is 13.0. The van der Waals surface area contributed by atoms with Crippen LogP contribution in [0.3, 0.4) is 0 Å². The summed E-state index contributed by atoms with van der Waals surface area (Å²) in [4.78, 5) is 45.3. The number of pyridine rings is 1. The molecule has 3 rings (SSSR count). The molecule has 0 aliphatic rings. The highest BCUT2D eigenvalue weighted by atomic mass is 16.2. The lowest BCUT2D eigenvalue weighted by atomic mass is 10.3. The van der Waals surface area contributed by atoms with Crippen molar-refractivity contribution < 1.29 is 4.79 Å². The molecule has 9 heteroatoms. The molecule has 1 amide bonds. The van der Waals surface area contributed by atoms with Crippen LogP contribution in [0.15, 0.2) is 40.2 Å². The van der Waals surface area contributed by atoms with E-state index in [1.54, 1.807) is 29.8 Å². The van der Waals surface area contributed by atoms with Crippen LogP contribution in [0.25, 0.3) is 5.65 Å². The van der Waals surface area contributed by atoms with Crippen molar-refractivity contribution in [3.8, 4) is 0 Å². The molecule has 0 saturated carbocycles. The molecule has 9 nitrogen and oxygen atoms in total. The van der Waals surface area contributed by atoms with Gasteiger partial charge in [-0.2, -0.15) is 0 Å². The highest BCUT2D eigenvalue weighted by molar-refractivity contribution is 6.06. The zero-order valence-electron chi connectivity index (χ0n) is 15.3. The summed E-state index contributed by atoms with van der Waals surface area (Å²) in [7, 11) is 0. The van der Waals surface area contributed by atoms with E-state index >= 15 is 0 Å². The fourth-order valence-corrected chi connectivity index (χ4v) is 2.96. The van der Waals surface area contributed by atoms with E-state index in [-0.39, 0.29) is 23.7 Å². The standard InChI is InChI=1S/C18H22N6O3/c1-3-5-10-24-15(19)14(16(25)21-18(24)27)23(4-2)17(26)12-11-22-9-7-6-8-13(22)20-12/h6-9,11H,3-5,10,19H2,1-2H3,(H,21,25,27). The normalized spacial score (nSPS) is 11.0. The summed E-state index contributed by atoms with van der Waals surface area (Å²) in [6.07, 6.45) is 4.96. The van der Waals surface area contributed by atoms with Crippen LogP contribution in [0, 0.1) is 0 Å². The Bertz CT molecular complexity index is 1060. The third kappa shape index (κ3) is 3.35. The molecule has 142 valence electrons. The van der Waals surface area contributed by atoms with Gasteiger partial charge in [0.15, 0.2) is 5.69 Å². The van der Waals surface area contributed by atoms with Gasteiger partial charge in [-0.1, -0.05) is 19.4 Å². The lowest BCUT2D eigenvalue weighted by Gasteiger charge is -2.22. The number of aromatic nitrogens is 4. The van der Waals surface area contributed by atoms with Crippen molar-refractivity contribution >= 4 is 23.1 Å². The summed E-state index contributed by atoms with van der Waals surface area (Å²) in [5.74, 6) is -0.477. The first-order valence-corrected chi connectivity index (χ1v) is 8.86. The first-order chi connectivity index (χ1) is 13.0. The van der Waals surface area contributed by atoms with E-state index in [4.69, 9.17) is 5.73 Å². The Morgan fingerprint density at radius 3 is 2.74 bits per heavy atom. The molecule has 3 N–H and O–H groups in total. The molecule has 0 aliphatic carbocycles. The molecule has 0 radical (unpaired) electrons. The molecule has 3 heterocycles. The number of carbonyl (C=O) groups is 1. The number of unbranched alkanes of at least 4 members (excludes halogenated alkanes) is 1. The van der Waals surface area contributed by atoms with Crippen LogP contribution in [-0.2, 0) is 6.54 Å². The van der Waals surface area contributed by atoms with Gasteiger partial charge in [-0.15, -0.1) is 0 Å². The second-order valence-corrected chi connectivity index (χ2v) is 6.14. The number of rotatable bonds is 6. The minimum absolute atomic E-state index is 0.0174. The van der Waals surface area contributed by atoms with E-state index < -0.39 is 17.2 Å². The SMILES string of the molecule is CCCCn1c(N)c(N(CC)C(=O)c2cn3ccccc3n2)c(=O)[nH]c1=O. The number of imidazole rings is 1. The minimum atomic E-state index is -0.691. The molecule has 0 atom stereocenters. The van der Waals surface area contributed by atoms with Crippen molar-refractivity contribution in [2.45, 2.75) is 33.2 Å². The molecule has 0 aliphatic heterocycles. The summed E-state index contributed by atoms with van der Waals surface area (Å²) < 4.78 is 3.01. The van der Waals surface area contributed by atoms with Crippen molar-refractivity contribution in [2.24, 2.45) is 0 Å². The predicted octanol–water partition coefficient (Wildman–Crippen LogP) is 1.23. The van der Waals surface area contributed by atoms with E-state index in [9.17, 15) is 14.4 Å². The highest BCUT2D eigenvalue weighted by Crippen LogP contribution is 2.19. The van der Waals surface area contributed by atoms with Crippen LogP contribution in [0.5, 0.6) is 0 Å². The number of carbonyl (C=O) groups excluding carboxylic acids is 1. The second-order valence-electron chi connectivity index (χ2n) is 6.14. The minimum Gasteiger partial charge on any atom is -0.383 e. The quantitative estimate of drug-likeness (QED) is 0.676. The number of aromatic amines is 1. The second kappa shape index (κ2) is 7.48. The molecule has 27 heavy (non-hydrogen) atoms. The molecule has 0 bridgehead atoms. The fourth-order valence-electron chi connectivity index (χ4n) is 2.96. The maximum Gasteiger partial charge on any atom is 0.330 e. The summed E-state index contributed by atoms with van der Waals surface area (Å²) in [6, 6.07) is 5.42. The Morgan fingerprint density at radius 2 is 2.07 bits per heavy atom. The molecule has 3 aromatic heterocycles. The number of hydrogen-bond acceptors (Lipinski definition) is 5. The Labute approximate surface area is 155 Å². The van der Waals surface area contributed by atoms with Gasteiger partial charge in [-0.25, -0.2) is 9.78 Å². The molecule has 3 aromatic rings. The van der Waals surface area contributed by atoms with Crippen LogP contribution in [0.4, 0.5) is 11.5 Å². The Morgan fingerprint density at radius 1 is 1.30 bits per heavy atom. The lowest BCUT2D eigenvalue weighted by Crippen LogP contribution is -2.41. The van der Waals surface area contributed by atoms with Crippen molar-refractivity contribution in [3.63, 3.8) is 0 Å². The van der Waals surface area contributed by atoms with Crippen molar-refractivity contribution in [1.29, 1.82) is 0 Å². The Balaban J connectivity index is 2.08. The number of fused-ring (bicyclic) bond motifs is 1. The molecular formula is C18H22N6O3. The topological polar surface area (TPSA) is 118 Å². The molecule has 0 fully saturated rings. The van der Waals surface area contributed by atoms with Crippen LogP contribution in [0.2, 0.25) is 0 Å². The summed E-state index contributed by atoms with van der Waals surface area (Å²) in [5.41, 5.74) is 5.62. The number of hydrogen-bond donors (Lipinski definition) is 2. The molecule has 0 unspecified atom stereocenters. The monoisotopic (exact) mass is 370 g/mol. The Kier molecular flexibility index (Phi) is 5.11. The van der Waals surface area contributed by atoms with Gasteiger partial charge >= 0.3 is 5.69 Å². The van der Waals surface area contributed by atoms with E-state index in [1.165, 1.54) is 9.47 Å². The van der Waals surface area contributed by atoms with Gasteiger partial charge in [0.1, 0.15) is 17.2 Å². The number of nitrogen functional groups attached to an aromatic ring is 1. The molecule has 0 aromatic carbocycles. The maximum absolute atomic E-state index is 13.0. The predicted molar refractivity (Wildman–Crippen MR) is 103 cm³/mol. The summed E-state index contributed by atoms with van der Waals surface area (Å²) in [5, 5.41) is 0. The number of nitrogens with two attached hydrogens (primary N) is 1. The van der Waals surface area contributed by atoms with Gasteiger partial charge in [0.25, 0.3) is 11.5 Å².